The quantitative estimate of drug-likeness (QED) is 0.391. The van der Waals surface area contributed by atoms with E-state index in [9.17, 15) is 0 Å². The number of benzene rings is 2. The molecular weight excluding hydrogens is 200 g/mol. The first-order valence-corrected chi connectivity index (χ1v) is 5.01. The van der Waals surface area contributed by atoms with Gasteiger partial charge < -0.3 is 17.3 Å². The van der Waals surface area contributed by atoms with E-state index in [4.69, 9.17) is 17.3 Å². The van der Waals surface area contributed by atoms with E-state index in [0.29, 0.717) is 0 Å². The fraction of sp³-hybridized carbons (Fsp3) is 0. The highest BCUT2D eigenvalue weighted by molar-refractivity contribution is 6.09. The Morgan fingerprint density at radius 3 is 1.62 bits per heavy atom. The standard InChI is InChI=1S/C12H12N4/c13-7-1-3-11-9(5-7)10-6-8(14)2-4-12(10)16(11)15/h1-6H,13-15H2. The van der Waals surface area contributed by atoms with Crippen molar-refractivity contribution in [1.29, 1.82) is 0 Å². The molecule has 0 aliphatic carbocycles. The second-order valence-corrected chi connectivity index (χ2v) is 3.92. The summed E-state index contributed by atoms with van der Waals surface area (Å²) < 4.78 is 1.66. The van der Waals surface area contributed by atoms with E-state index in [2.05, 4.69) is 0 Å². The zero-order valence-electron chi connectivity index (χ0n) is 8.64. The lowest BCUT2D eigenvalue weighted by atomic mass is 10.1. The molecule has 0 fully saturated rings. The number of nitrogens with two attached hydrogens (primary N) is 3. The molecule has 0 aliphatic heterocycles. The van der Waals surface area contributed by atoms with E-state index >= 15 is 0 Å². The van der Waals surface area contributed by atoms with Crippen LogP contribution < -0.4 is 17.3 Å². The molecule has 0 radical (unpaired) electrons. The van der Waals surface area contributed by atoms with Crippen LogP contribution >= 0.6 is 0 Å². The van der Waals surface area contributed by atoms with Crippen molar-refractivity contribution < 1.29 is 0 Å². The highest BCUT2D eigenvalue weighted by atomic mass is 15.3. The Morgan fingerprint density at radius 2 is 1.19 bits per heavy atom. The number of aromatic nitrogens is 1. The zero-order valence-corrected chi connectivity index (χ0v) is 8.64. The Labute approximate surface area is 92.2 Å². The van der Waals surface area contributed by atoms with Crippen LogP contribution in [0.1, 0.15) is 0 Å². The molecule has 2 aromatic carbocycles. The molecule has 3 rings (SSSR count). The second kappa shape index (κ2) is 2.82. The van der Waals surface area contributed by atoms with Gasteiger partial charge in [-0.3, -0.25) is 4.68 Å². The maximum atomic E-state index is 6.01. The molecule has 0 amide bonds. The van der Waals surface area contributed by atoms with Gasteiger partial charge in [0.2, 0.25) is 0 Å². The Kier molecular flexibility index (Phi) is 1.57. The topological polar surface area (TPSA) is 83.0 Å². The van der Waals surface area contributed by atoms with Crippen molar-refractivity contribution in [1.82, 2.24) is 4.68 Å². The van der Waals surface area contributed by atoms with E-state index < -0.39 is 0 Å². The van der Waals surface area contributed by atoms with Crippen LogP contribution in [0.2, 0.25) is 0 Å². The van der Waals surface area contributed by atoms with Gasteiger partial charge in [0.05, 0.1) is 11.0 Å². The van der Waals surface area contributed by atoms with Crippen LogP contribution in [0.25, 0.3) is 21.8 Å². The number of fused-ring (bicyclic) bond motifs is 3. The summed E-state index contributed by atoms with van der Waals surface area (Å²) >= 11 is 0. The summed E-state index contributed by atoms with van der Waals surface area (Å²) in [6.07, 6.45) is 0. The average molecular weight is 212 g/mol. The minimum absolute atomic E-state index is 0.724. The predicted molar refractivity (Wildman–Crippen MR) is 68.4 cm³/mol. The third-order valence-corrected chi connectivity index (χ3v) is 2.85. The Balaban J connectivity index is 2.60. The molecule has 0 spiro atoms. The minimum Gasteiger partial charge on any atom is -0.399 e. The SMILES string of the molecule is Nc1ccc2c(c1)c1cc(N)ccc1n2N. The van der Waals surface area contributed by atoms with Crippen molar-refractivity contribution in [2.75, 3.05) is 17.3 Å². The monoisotopic (exact) mass is 212 g/mol. The first-order chi connectivity index (χ1) is 7.66. The Hall–Kier alpha value is -2.36. The number of rotatable bonds is 0. The van der Waals surface area contributed by atoms with Crippen LogP contribution in [-0.4, -0.2) is 4.68 Å². The van der Waals surface area contributed by atoms with E-state index in [1.807, 2.05) is 36.4 Å². The smallest absolute Gasteiger partial charge is 0.0705 e. The molecule has 0 aliphatic rings. The summed E-state index contributed by atoms with van der Waals surface area (Å²) in [5.74, 6) is 6.01. The maximum Gasteiger partial charge on any atom is 0.0705 e. The van der Waals surface area contributed by atoms with Gasteiger partial charge in [-0.1, -0.05) is 0 Å². The maximum absolute atomic E-state index is 6.01. The van der Waals surface area contributed by atoms with Crippen molar-refractivity contribution in [2.45, 2.75) is 0 Å². The molecule has 4 nitrogen and oxygen atoms in total. The highest BCUT2D eigenvalue weighted by Crippen LogP contribution is 2.29. The molecule has 0 saturated carbocycles. The molecular formula is C12H12N4. The van der Waals surface area contributed by atoms with Gasteiger partial charge in [0.25, 0.3) is 0 Å². The fourth-order valence-electron chi connectivity index (χ4n) is 2.09. The van der Waals surface area contributed by atoms with Gasteiger partial charge in [0, 0.05) is 22.1 Å². The Morgan fingerprint density at radius 1 is 0.750 bits per heavy atom. The molecule has 0 unspecified atom stereocenters. The zero-order chi connectivity index (χ0) is 11.3. The molecule has 0 atom stereocenters. The molecule has 3 aromatic rings. The largest absolute Gasteiger partial charge is 0.399 e. The van der Waals surface area contributed by atoms with Crippen molar-refractivity contribution in [3.05, 3.63) is 36.4 Å². The van der Waals surface area contributed by atoms with E-state index in [0.717, 1.165) is 33.2 Å². The lowest BCUT2D eigenvalue weighted by Crippen LogP contribution is -2.06. The first-order valence-electron chi connectivity index (χ1n) is 5.01. The molecule has 16 heavy (non-hydrogen) atoms. The third kappa shape index (κ3) is 1.04. The van der Waals surface area contributed by atoms with Gasteiger partial charge in [-0.05, 0) is 36.4 Å². The predicted octanol–water partition coefficient (Wildman–Crippen LogP) is 1.67. The summed E-state index contributed by atoms with van der Waals surface area (Å²) in [6, 6.07) is 11.4. The second-order valence-electron chi connectivity index (χ2n) is 3.92. The van der Waals surface area contributed by atoms with Crippen molar-refractivity contribution in [3.8, 4) is 0 Å². The number of nitrogens with zero attached hydrogens (tertiary/aromatic N) is 1. The lowest BCUT2D eigenvalue weighted by Gasteiger charge is -1.97. The van der Waals surface area contributed by atoms with Crippen LogP contribution in [0.5, 0.6) is 0 Å². The normalized spacial score (nSPS) is 11.2. The number of hydrogen-bond donors (Lipinski definition) is 3. The Bertz CT molecular complexity index is 638. The average Bonchev–Trinajstić information content (AvgIpc) is 2.52. The number of anilines is 2. The fourth-order valence-corrected chi connectivity index (χ4v) is 2.09. The van der Waals surface area contributed by atoms with Gasteiger partial charge in [0.15, 0.2) is 0 Å². The van der Waals surface area contributed by atoms with Gasteiger partial charge >= 0.3 is 0 Å². The highest BCUT2D eigenvalue weighted by Gasteiger charge is 2.08. The molecule has 0 saturated heterocycles. The molecule has 6 N–H and O–H groups in total. The van der Waals surface area contributed by atoms with E-state index in [1.54, 1.807) is 4.68 Å². The summed E-state index contributed by atoms with van der Waals surface area (Å²) in [7, 11) is 0. The molecule has 1 aromatic heterocycles. The molecule has 4 heteroatoms. The first kappa shape index (κ1) is 8.91. The number of hydrogen-bond acceptors (Lipinski definition) is 3. The minimum atomic E-state index is 0.724. The summed E-state index contributed by atoms with van der Waals surface area (Å²) in [4.78, 5) is 0. The van der Waals surface area contributed by atoms with E-state index in [-0.39, 0.29) is 0 Å². The van der Waals surface area contributed by atoms with Crippen LogP contribution in [0.15, 0.2) is 36.4 Å². The van der Waals surface area contributed by atoms with Crippen LogP contribution in [-0.2, 0) is 0 Å². The third-order valence-electron chi connectivity index (χ3n) is 2.85. The summed E-state index contributed by atoms with van der Waals surface area (Å²) in [6.45, 7) is 0. The summed E-state index contributed by atoms with van der Waals surface area (Å²) in [5.41, 5.74) is 14.9. The van der Waals surface area contributed by atoms with Crippen molar-refractivity contribution in [3.63, 3.8) is 0 Å². The molecule has 80 valence electrons. The van der Waals surface area contributed by atoms with Crippen molar-refractivity contribution >= 4 is 33.2 Å². The van der Waals surface area contributed by atoms with Gasteiger partial charge in [-0.25, -0.2) is 0 Å². The molecule has 1 heterocycles. The lowest BCUT2D eigenvalue weighted by molar-refractivity contribution is 1.12. The van der Waals surface area contributed by atoms with Crippen LogP contribution in [0, 0.1) is 0 Å². The van der Waals surface area contributed by atoms with Gasteiger partial charge in [-0.2, -0.15) is 0 Å². The molecule has 0 bridgehead atoms. The van der Waals surface area contributed by atoms with Gasteiger partial charge in [-0.15, -0.1) is 0 Å². The van der Waals surface area contributed by atoms with Crippen LogP contribution in [0.4, 0.5) is 11.4 Å². The number of nitrogen functional groups attached to an aromatic ring is 3. The van der Waals surface area contributed by atoms with Crippen molar-refractivity contribution in [2.24, 2.45) is 0 Å². The summed E-state index contributed by atoms with van der Waals surface area (Å²) in [5, 5.41) is 2.06. The van der Waals surface area contributed by atoms with Gasteiger partial charge in [0.1, 0.15) is 0 Å². The van der Waals surface area contributed by atoms with E-state index in [1.165, 1.54) is 0 Å². The van der Waals surface area contributed by atoms with Crippen LogP contribution in [0.3, 0.4) is 0 Å².